The molecule has 2 heterocycles. The van der Waals surface area contributed by atoms with Gasteiger partial charge < -0.3 is 10.2 Å². The predicted molar refractivity (Wildman–Crippen MR) is 75.7 cm³/mol. The van der Waals surface area contributed by atoms with E-state index in [1.807, 2.05) is 19.3 Å². The first kappa shape index (κ1) is 12.7. The maximum Gasteiger partial charge on any atom is 0.133 e. The Labute approximate surface area is 108 Å². The van der Waals surface area contributed by atoms with Gasteiger partial charge in [0.15, 0.2) is 0 Å². The minimum atomic E-state index is 0.684. The van der Waals surface area contributed by atoms with E-state index in [0.717, 1.165) is 25.5 Å². The van der Waals surface area contributed by atoms with Gasteiger partial charge in [-0.3, -0.25) is 0 Å². The van der Waals surface area contributed by atoms with Gasteiger partial charge in [-0.05, 0) is 13.1 Å². The van der Waals surface area contributed by atoms with Crippen LogP contribution in [0.2, 0.25) is 0 Å². The topological polar surface area (TPSA) is 28.2 Å². The average molecular weight is 251 g/mol. The molecule has 1 aromatic rings. The number of nitrogens with zero attached hydrogens (tertiary/aromatic N) is 2. The van der Waals surface area contributed by atoms with Crippen LogP contribution in [0.5, 0.6) is 0 Å². The summed E-state index contributed by atoms with van der Waals surface area (Å²) in [6, 6.07) is 4.18. The zero-order valence-corrected chi connectivity index (χ0v) is 11.6. The number of thioether (sulfide) groups is 1. The van der Waals surface area contributed by atoms with E-state index in [2.05, 4.69) is 46.9 Å². The van der Waals surface area contributed by atoms with Crippen LogP contribution in [-0.2, 0) is 6.54 Å². The van der Waals surface area contributed by atoms with Crippen LogP contribution in [0, 0.1) is 0 Å². The molecule has 1 aromatic heterocycles. The normalized spacial score (nSPS) is 25.0. The van der Waals surface area contributed by atoms with E-state index in [1.54, 1.807) is 0 Å². The number of pyridine rings is 1. The second-order valence-corrected chi connectivity index (χ2v) is 6.56. The van der Waals surface area contributed by atoms with Crippen LogP contribution < -0.4 is 10.2 Å². The van der Waals surface area contributed by atoms with Crippen molar-refractivity contribution in [2.45, 2.75) is 30.9 Å². The summed E-state index contributed by atoms with van der Waals surface area (Å²) >= 11 is 2.07. The Morgan fingerprint density at radius 2 is 2.12 bits per heavy atom. The Hall–Kier alpha value is -0.740. The maximum atomic E-state index is 4.57. The van der Waals surface area contributed by atoms with Gasteiger partial charge in [0.25, 0.3) is 0 Å². The standard InChI is InChI=1S/C13H21N3S/c1-10-8-16(9-11(2)17-10)13-12(7-14-3)5-4-6-15-13/h4-6,10-11,14H,7-9H2,1-3H3. The van der Waals surface area contributed by atoms with Gasteiger partial charge in [-0.1, -0.05) is 19.9 Å². The first-order valence-corrected chi connectivity index (χ1v) is 7.14. The first-order valence-electron chi connectivity index (χ1n) is 6.19. The van der Waals surface area contributed by atoms with Gasteiger partial charge in [-0.25, -0.2) is 4.98 Å². The van der Waals surface area contributed by atoms with Gasteiger partial charge >= 0.3 is 0 Å². The molecule has 1 aliphatic rings. The van der Waals surface area contributed by atoms with Crippen molar-refractivity contribution in [3.63, 3.8) is 0 Å². The third kappa shape index (κ3) is 3.13. The number of hydrogen-bond acceptors (Lipinski definition) is 4. The second kappa shape index (κ2) is 5.74. The van der Waals surface area contributed by atoms with Crippen molar-refractivity contribution in [1.82, 2.24) is 10.3 Å². The fourth-order valence-corrected chi connectivity index (χ4v) is 3.72. The van der Waals surface area contributed by atoms with Crippen molar-refractivity contribution >= 4 is 17.6 Å². The number of anilines is 1. The van der Waals surface area contributed by atoms with Gasteiger partial charge in [-0.15, -0.1) is 0 Å². The summed E-state index contributed by atoms with van der Waals surface area (Å²) in [4.78, 5) is 7.00. The summed E-state index contributed by atoms with van der Waals surface area (Å²) in [6.45, 7) is 7.68. The number of rotatable bonds is 3. The molecule has 2 atom stereocenters. The van der Waals surface area contributed by atoms with E-state index in [4.69, 9.17) is 0 Å². The van der Waals surface area contributed by atoms with Crippen LogP contribution in [-0.4, -0.2) is 35.6 Å². The molecule has 0 saturated carbocycles. The SMILES string of the molecule is CNCc1cccnc1N1CC(C)SC(C)C1. The Balaban J connectivity index is 2.20. The highest BCUT2D eigenvalue weighted by molar-refractivity contribution is 8.00. The van der Waals surface area contributed by atoms with E-state index >= 15 is 0 Å². The third-order valence-electron chi connectivity index (χ3n) is 2.95. The lowest BCUT2D eigenvalue weighted by atomic mass is 10.2. The fourth-order valence-electron chi connectivity index (χ4n) is 2.39. The lowest BCUT2D eigenvalue weighted by Crippen LogP contribution is -2.41. The first-order chi connectivity index (χ1) is 8.20. The molecule has 0 radical (unpaired) electrons. The molecule has 0 spiro atoms. The summed E-state index contributed by atoms with van der Waals surface area (Å²) in [7, 11) is 1.98. The molecule has 4 heteroatoms. The highest BCUT2D eigenvalue weighted by Crippen LogP contribution is 2.29. The van der Waals surface area contributed by atoms with Gasteiger partial charge in [-0.2, -0.15) is 11.8 Å². The molecule has 1 aliphatic heterocycles. The zero-order chi connectivity index (χ0) is 12.3. The minimum absolute atomic E-state index is 0.684. The number of nitrogens with one attached hydrogen (secondary N) is 1. The van der Waals surface area contributed by atoms with Gasteiger partial charge in [0, 0.05) is 41.9 Å². The van der Waals surface area contributed by atoms with Crippen molar-refractivity contribution in [2.75, 3.05) is 25.0 Å². The van der Waals surface area contributed by atoms with Gasteiger partial charge in [0.2, 0.25) is 0 Å². The van der Waals surface area contributed by atoms with Crippen LogP contribution in [0.15, 0.2) is 18.3 Å². The molecule has 1 N–H and O–H groups in total. The lowest BCUT2D eigenvalue weighted by molar-refractivity contribution is 0.706. The predicted octanol–water partition coefficient (Wildman–Crippen LogP) is 2.13. The van der Waals surface area contributed by atoms with Crippen LogP contribution >= 0.6 is 11.8 Å². The molecule has 0 bridgehead atoms. The van der Waals surface area contributed by atoms with E-state index in [1.165, 1.54) is 5.56 Å². The summed E-state index contributed by atoms with van der Waals surface area (Å²) in [6.07, 6.45) is 1.89. The Bertz CT molecular complexity index is 359. The van der Waals surface area contributed by atoms with E-state index in [9.17, 15) is 0 Å². The summed E-state index contributed by atoms with van der Waals surface area (Å²) in [5, 5.41) is 4.58. The molecule has 1 fully saturated rings. The summed E-state index contributed by atoms with van der Waals surface area (Å²) < 4.78 is 0. The molecular weight excluding hydrogens is 230 g/mol. The molecule has 2 rings (SSSR count). The molecule has 2 unspecified atom stereocenters. The maximum absolute atomic E-state index is 4.57. The molecule has 3 nitrogen and oxygen atoms in total. The van der Waals surface area contributed by atoms with Crippen LogP contribution in [0.25, 0.3) is 0 Å². The smallest absolute Gasteiger partial charge is 0.133 e. The molecule has 0 aliphatic carbocycles. The zero-order valence-electron chi connectivity index (χ0n) is 10.8. The lowest BCUT2D eigenvalue weighted by Gasteiger charge is -2.36. The second-order valence-electron chi connectivity index (χ2n) is 4.68. The summed E-state index contributed by atoms with van der Waals surface area (Å²) in [5.41, 5.74) is 1.29. The third-order valence-corrected chi connectivity index (χ3v) is 4.18. The van der Waals surface area contributed by atoms with Gasteiger partial charge in [0.1, 0.15) is 5.82 Å². The Morgan fingerprint density at radius 3 is 2.76 bits per heavy atom. The molecular formula is C13H21N3S. The van der Waals surface area contributed by atoms with E-state index in [-0.39, 0.29) is 0 Å². The van der Waals surface area contributed by atoms with Crippen molar-refractivity contribution in [3.8, 4) is 0 Å². The van der Waals surface area contributed by atoms with E-state index < -0.39 is 0 Å². The number of hydrogen-bond donors (Lipinski definition) is 1. The van der Waals surface area contributed by atoms with Crippen molar-refractivity contribution in [3.05, 3.63) is 23.9 Å². The quantitative estimate of drug-likeness (QED) is 0.891. The van der Waals surface area contributed by atoms with E-state index in [0.29, 0.717) is 10.5 Å². The highest BCUT2D eigenvalue weighted by atomic mass is 32.2. The molecule has 0 aromatic carbocycles. The Kier molecular flexibility index (Phi) is 4.29. The summed E-state index contributed by atoms with van der Waals surface area (Å²) in [5.74, 6) is 1.15. The van der Waals surface area contributed by atoms with Crippen LogP contribution in [0.1, 0.15) is 19.4 Å². The fraction of sp³-hybridized carbons (Fsp3) is 0.615. The van der Waals surface area contributed by atoms with Crippen LogP contribution in [0.3, 0.4) is 0 Å². The Morgan fingerprint density at radius 1 is 1.41 bits per heavy atom. The van der Waals surface area contributed by atoms with Crippen LogP contribution in [0.4, 0.5) is 5.82 Å². The average Bonchev–Trinajstić information content (AvgIpc) is 2.29. The molecule has 0 amide bonds. The van der Waals surface area contributed by atoms with Crippen molar-refractivity contribution in [2.24, 2.45) is 0 Å². The van der Waals surface area contributed by atoms with Gasteiger partial charge in [0.05, 0.1) is 0 Å². The highest BCUT2D eigenvalue weighted by Gasteiger charge is 2.24. The minimum Gasteiger partial charge on any atom is -0.354 e. The van der Waals surface area contributed by atoms with Crippen molar-refractivity contribution in [1.29, 1.82) is 0 Å². The molecule has 94 valence electrons. The van der Waals surface area contributed by atoms with Crippen molar-refractivity contribution < 1.29 is 0 Å². The monoisotopic (exact) mass is 251 g/mol. The number of aromatic nitrogens is 1. The molecule has 17 heavy (non-hydrogen) atoms. The molecule has 1 saturated heterocycles. The largest absolute Gasteiger partial charge is 0.354 e.